The van der Waals surface area contributed by atoms with Gasteiger partial charge in [-0.05, 0) is 72.4 Å². The fourth-order valence-corrected chi connectivity index (χ4v) is 6.60. The number of halogens is 10. The quantitative estimate of drug-likeness (QED) is 0.158. The molecule has 256 valence electrons. The Balaban J connectivity index is 1.30. The highest BCUT2D eigenvalue weighted by atomic mass is 19.4. The third-order valence-electron chi connectivity index (χ3n) is 8.94. The minimum atomic E-state index is -5.50. The largest absolute Gasteiger partial charge is 0.573 e. The zero-order chi connectivity index (χ0) is 34.1. The van der Waals surface area contributed by atoms with Gasteiger partial charge in [-0.15, -0.1) is 13.2 Å². The Bertz CT molecular complexity index is 1540. The van der Waals surface area contributed by atoms with Crippen LogP contribution in [0.2, 0.25) is 0 Å². The molecule has 1 aliphatic heterocycles. The van der Waals surface area contributed by atoms with Crippen LogP contribution in [0.5, 0.6) is 17.2 Å². The zero-order valence-electron chi connectivity index (χ0n) is 25.3. The second-order valence-corrected chi connectivity index (χ2v) is 12.2. The molecule has 0 N–H and O–H groups in total. The molecule has 2 aliphatic rings. The van der Waals surface area contributed by atoms with Crippen molar-refractivity contribution >= 4 is 0 Å². The van der Waals surface area contributed by atoms with Crippen LogP contribution in [0.1, 0.15) is 69.4 Å². The summed E-state index contributed by atoms with van der Waals surface area (Å²) < 4.78 is 153. The molecule has 0 spiro atoms. The van der Waals surface area contributed by atoms with Crippen molar-refractivity contribution < 1.29 is 58.1 Å². The molecule has 3 aromatic carbocycles. The van der Waals surface area contributed by atoms with Crippen LogP contribution in [0.4, 0.5) is 43.9 Å². The smallest absolute Gasteiger partial charge is 0.493 e. The molecule has 47 heavy (non-hydrogen) atoms. The lowest BCUT2D eigenvalue weighted by atomic mass is 9.72. The van der Waals surface area contributed by atoms with E-state index in [0.717, 1.165) is 31.6 Å². The maximum atomic E-state index is 15.3. The Morgan fingerprint density at radius 3 is 1.96 bits per heavy atom. The summed E-state index contributed by atoms with van der Waals surface area (Å²) >= 11 is 0. The summed E-state index contributed by atoms with van der Waals surface area (Å²) in [5.74, 6) is -10.4. The number of alkyl halides is 5. The first kappa shape index (κ1) is 34.7. The van der Waals surface area contributed by atoms with E-state index in [-0.39, 0.29) is 23.6 Å². The fourth-order valence-electron chi connectivity index (χ4n) is 6.60. The van der Waals surface area contributed by atoms with Crippen LogP contribution in [0.25, 0.3) is 11.1 Å². The monoisotopic (exact) mass is 678 g/mol. The SMILES string of the molecule is CCCCCC1CCC(C2COc3cc(-c4cc(F)c(C(F)(F)Oc5cc(F)c(OC(F)(F)F)c(F)c5)c(F)c4)c(F)cc3C2)CC1. The summed E-state index contributed by atoms with van der Waals surface area (Å²) in [6.45, 7) is 2.57. The van der Waals surface area contributed by atoms with Crippen LogP contribution < -0.4 is 14.2 Å². The van der Waals surface area contributed by atoms with Gasteiger partial charge in [0, 0.05) is 17.7 Å². The number of ether oxygens (including phenoxy) is 3. The lowest BCUT2D eigenvalue weighted by molar-refractivity contribution is -0.276. The topological polar surface area (TPSA) is 27.7 Å². The highest BCUT2D eigenvalue weighted by Gasteiger charge is 2.42. The van der Waals surface area contributed by atoms with Crippen LogP contribution in [0.3, 0.4) is 0 Å². The molecule has 1 aliphatic carbocycles. The summed E-state index contributed by atoms with van der Waals surface area (Å²) in [6, 6.07) is 3.19. The molecule has 3 nitrogen and oxygen atoms in total. The number of benzene rings is 3. The maximum absolute atomic E-state index is 15.3. The van der Waals surface area contributed by atoms with E-state index >= 15 is 4.39 Å². The number of hydrogen-bond acceptors (Lipinski definition) is 3. The van der Waals surface area contributed by atoms with E-state index in [9.17, 15) is 39.5 Å². The maximum Gasteiger partial charge on any atom is 0.573 e. The Hall–Kier alpha value is -3.64. The summed E-state index contributed by atoms with van der Waals surface area (Å²) in [4.78, 5) is 0. The summed E-state index contributed by atoms with van der Waals surface area (Å²) in [6.07, 6.45) is -0.491. The standard InChI is InChI=1S/C34H32F10O3/c1-2-3-4-5-18-6-8-19(9-7-18)22-10-21-13-25(35)24(16-30(21)45-17-22)20-11-26(36)31(27(37)12-20)33(40,41)46-23-14-28(38)32(29(39)15-23)47-34(42,43)44/h11-16,18-19,22H,2-10,17H2,1H3. The summed E-state index contributed by atoms with van der Waals surface area (Å²) in [5.41, 5.74) is -2.13. The van der Waals surface area contributed by atoms with Crippen molar-refractivity contribution in [3.05, 3.63) is 76.6 Å². The van der Waals surface area contributed by atoms with Crippen molar-refractivity contribution in [2.45, 2.75) is 77.2 Å². The van der Waals surface area contributed by atoms with Crippen molar-refractivity contribution in [3.63, 3.8) is 0 Å². The van der Waals surface area contributed by atoms with Gasteiger partial charge >= 0.3 is 12.5 Å². The molecule has 3 aromatic rings. The van der Waals surface area contributed by atoms with Gasteiger partial charge in [0.25, 0.3) is 0 Å². The van der Waals surface area contributed by atoms with E-state index in [0.29, 0.717) is 42.4 Å². The molecule has 0 aromatic heterocycles. The van der Waals surface area contributed by atoms with Crippen LogP contribution in [-0.2, 0) is 12.5 Å². The molecule has 0 amide bonds. The number of unbranched alkanes of at least 4 members (excludes halogenated alkanes) is 2. The molecule has 0 bridgehead atoms. The third-order valence-corrected chi connectivity index (χ3v) is 8.94. The van der Waals surface area contributed by atoms with Crippen molar-refractivity contribution in [1.82, 2.24) is 0 Å². The molecule has 1 saturated carbocycles. The minimum absolute atomic E-state index is 0.0745. The molecular formula is C34H32F10O3. The van der Waals surface area contributed by atoms with E-state index in [1.165, 1.54) is 37.8 Å². The fraction of sp³-hybridized carbons (Fsp3) is 0.471. The van der Waals surface area contributed by atoms with E-state index < -0.39 is 64.2 Å². The number of fused-ring (bicyclic) bond motifs is 1. The molecule has 1 fully saturated rings. The van der Waals surface area contributed by atoms with Crippen molar-refractivity contribution in [3.8, 4) is 28.4 Å². The average Bonchev–Trinajstić information content (AvgIpc) is 2.97. The van der Waals surface area contributed by atoms with Gasteiger partial charge < -0.3 is 14.2 Å². The molecule has 5 rings (SSSR count). The second kappa shape index (κ2) is 13.8. The Morgan fingerprint density at radius 2 is 1.36 bits per heavy atom. The Morgan fingerprint density at radius 1 is 0.723 bits per heavy atom. The van der Waals surface area contributed by atoms with Gasteiger partial charge in [0.05, 0.1) is 6.61 Å². The molecule has 1 unspecified atom stereocenters. The van der Waals surface area contributed by atoms with Gasteiger partial charge in [-0.3, -0.25) is 0 Å². The summed E-state index contributed by atoms with van der Waals surface area (Å²) in [5, 5.41) is 0. The van der Waals surface area contributed by atoms with Crippen molar-refractivity contribution in [2.24, 2.45) is 17.8 Å². The first-order chi connectivity index (χ1) is 22.1. The van der Waals surface area contributed by atoms with Gasteiger partial charge in [-0.1, -0.05) is 45.4 Å². The van der Waals surface area contributed by atoms with Crippen LogP contribution in [0, 0.1) is 46.8 Å². The van der Waals surface area contributed by atoms with Gasteiger partial charge in [0.15, 0.2) is 11.6 Å². The minimum Gasteiger partial charge on any atom is -0.493 e. The van der Waals surface area contributed by atoms with Gasteiger partial charge in [0.2, 0.25) is 5.75 Å². The van der Waals surface area contributed by atoms with E-state index in [4.69, 9.17) is 4.74 Å². The van der Waals surface area contributed by atoms with Gasteiger partial charge in [-0.2, -0.15) is 8.78 Å². The molecule has 1 heterocycles. The van der Waals surface area contributed by atoms with Gasteiger partial charge in [0.1, 0.15) is 34.5 Å². The lowest BCUT2D eigenvalue weighted by Crippen LogP contribution is -2.31. The normalized spacial score (nSPS) is 20.0. The first-order valence-corrected chi connectivity index (χ1v) is 15.4. The highest BCUT2D eigenvalue weighted by molar-refractivity contribution is 5.68. The van der Waals surface area contributed by atoms with E-state index in [2.05, 4.69) is 16.4 Å². The van der Waals surface area contributed by atoms with Crippen molar-refractivity contribution in [2.75, 3.05) is 6.61 Å². The Labute approximate surface area is 264 Å². The number of rotatable bonds is 10. The van der Waals surface area contributed by atoms with E-state index in [1.807, 2.05) is 0 Å². The molecule has 0 saturated heterocycles. The molecule has 1 atom stereocenters. The zero-order valence-corrected chi connectivity index (χ0v) is 25.3. The predicted molar refractivity (Wildman–Crippen MR) is 152 cm³/mol. The summed E-state index contributed by atoms with van der Waals surface area (Å²) in [7, 11) is 0. The van der Waals surface area contributed by atoms with Crippen LogP contribution >= 0.6 is 0 Å². The van der Waals surface area contributed by atoms with Crippen molar-refractivity contribution in [1.29, 1.82) is 0 Å². The third kappa shape index (κ3) is 8.09. The highest BCUT2D eigenvalue weighted by Crippen LogP contribution is 2.43. The lowest BCUT2D eigenvalue weighted by Gasteiger charge is -2.36. The van der Waals surface area contributed by atoms with E-state index in [1.54, 1.807) is 0 Å². The van der Waals surface area contributed by atoms with Gasteiger partial charge in [-0.25, -0.2) is 22.0 Å². The number of hydrogen-bond donors (Lipinski definition) is 0. The van der Waals surface area contributed by atoms with Crippen LogP contribution in [0.15, 0.2) is 36.4 Å². The average molecular weight is 679 g/mol. The molecule has 0 radical (unpaired) electrons. The second-order valence-electron chi connectivity index (χ2n) is 12.2. The van der Waals surface area contributed by atoms with Crippen LogP contribution in [-0.4, -0.2) is 13.0 Å². The Kier molecular flexibility index (Phi) is 10.2. The first-order valence-electron chi connectivity index (χ1n) is 15.4. The predicted octanol–water partition coefficient (Wildman–Crippen LogP) is 11.0. The molecular weight excluding hydrogens is 646 g/mol. The molecule has 13 heteroatoms.